The van der Waals surface area contributed by atoms with E-state index in [2.05, 4.69) is 0 Å². The molecule has 0 aromatic heterocycles. The maximum Gasteiger partial charge on any atom is 0.426 e. The minimum Gasteiger partial charge on any atom is -0.462 e. The maximum atomic E-state index is 12.9. The molecule has 4 unspecified atom stereocenters. The Morgan fingerprint density at radius 2 is 1.62 bits per heavy atom. The van der Waals surface area contributed by atoms with E-state index in [-0.39, 0.29) is 12.3 Å². The molecule has 0 saturated heterocycles. The van der Waals surface area contributed by atoms with Crippen molar-refractivity contribution in [2.75, 3.05) is 0 Å². The molecule has 0 heterocycles. The Morgan fingerprint density at radius 3 is 2.04 bits per heavy atom. The summed E-state index contributed by atoms with van der Waals surface area (Å²) in [6, 6.07) is 0. The quantitative estimate of drug-likeness (QED) is 0.611. The summed E-state index contributed by atoms with van der Waals surface area (Å²) in [6.07, 6.45) is -12.7. The summed E-state index contributed by atoms with van der Waals surface area (Å²) in [6.45, 7) is 3.19. The Kier molecular flexibility index (Phi) is 4.89. The molecule has 0 aromatic carbocycles. The highest BCUT2D eigenvalue weighted by Crippen LogP contribution is 2.56. The van der Waals surface area contributed by atoms with Gasteiger partial charge in [0, 0.05) is 0 Å². The van der Waals surface area contributed by atoms with Crippen molar-refractivity contribution in [1.29, 1.82) is 0 Å². The van der Waals surface area contributed by atoms with Crippen LogP contribution in [0.2, 0.25) is 0 Å². The summed E-state index contributed by atoms with van der Waals surface area (Å²) in [4.78, 5) is 11.7. The van der Waals surface area contributed by atoms with Crippen molar-refractivity contribution in [2.24, 2.45) is 23.7 Å². The monoisotopic (exact) mass is 362 g/mol. The van der Waals surface area contributed by atoms with Crippen LogP contribution in [0.15, 0.2) is 0 Å². The molecule has 9 heteroatoms. The second-order valence-electron chi connectivity index (χ2n) is 7.19. The van der Waals surface area contributed by atoms with Crippen LogP contribution in [-0.2, 0) is 9.53 Å². The zero-order chi connectivity index (χ0) is 18.5. The van der Waals surface area contributed by atoms with Crippen LogP contribution in [0.25, 0.3) is 0 Å². The molecule has 0 amide bonds. The van der Waals surface area contributed by atoms with Crippen LogP contribution in [0.3, 0.4) is 0 Å². The zero-order valence-electron chi connectivity index (χ0n) is 13.2. The Bertz CT molecular complexity index is 471. The number of alkyl halides is 6. The Hall–Kier alpha value is -0.990. The van der Waals surface area contributed by atoms with E-state index in [0.29, 0.717) is 12.8 Å². The van der Waals surface area contributed by atoms with E-state index < -0.39 is 54.2 Å². The largest absolute Gasteiger partial charge is 0.462 e. The van der Waals surface area contributed by atoms with E-state index in [1.807, 2.05) is 0 Å². The van der Waals surface area contributed by atoms with Crippen molar-refractivity contribution < 1.29 is 41.0 Å². The van der Waals surface area contributed by atoms with Gasteiger partial charge in [0.1, 0.15) is 6.10 Å². The van der Waals surface area contributed by atoms with Gasteiger partial charge in [-0.3, -0.25) is 4.79 Å². The molecule has 140 valence electrons. The summed E-state index contributed by atoms with van der Waals surface area (Å²) in [5.41, 5.74) is -4.73. The fourth-order valence-electron chi connectivity index (χ4n) is 3.85. The standard InChI is InChI=1S/C15H20F6O3/c1-7(2)12(22)24-11-5-8-3-9(10(11)4-8)6-13(23,14(16,17)18)15(19,20)21/h7-11,23H,3-6H2,1-2H3. The number of ether oxygens (including phenoxy) is 1. The molecule has 2 aliphatic rings. The van der Waals surface area contributed by atoms with Crippen LogP contribution in [0, 0.1) is 23.7 Å². The van der Waals surface area contributed by atoms with Crippen molar-refractivity contribution in [3.63, 3.8) is 0 Å². The molecule has 3 nitrogen and oxygen atoms in total. The van der Waals surface area contributed by atoms with Gasteiger partial charge >= 0.3 is 18.3 Å². The fraction of sp³-hybridized carbons (Fsp3) is 0.933. The van der Waals surface area contributed by atoms with Crippen LogP contribution in [0.4, 0.5) is 26.3 Å². The third kappa shape index (κ3) is 3.36. The minimum absolute atomic E-state index is 0.0734. The first-order chi connectivity index (χ1) is 10.8. The van der Waals surface area contributed by atoms with Crippen molar-refractivity contribution in [2.45, 2.75) is 63.6 Å². The van der Waals surface area contributed by atoms with E-state index >= 15 is 0 Å². The minimum atomic E-state index is -5.81. The van der Waals surface area contributed by atoms with E-state index in [0.717, 1.165) is 0 Å². The lowest BCUT2D eigenvalue weighted by molar-refractivity contribution is -0.373. The first-order valence-corrected chi connectivity index (χ1v) is 7.82. The third-order valence-corrected chi connectivity index (χ3v) is 5.12. The van der Waals surface area contributed by atoms with Crippen molar-refractivity contribution in [1.82, 2.24) is 0 Å². The summed E-state index contributed by atoms with van der Waals surface area (Å²) < 4.78 is 82.4. The van der Waals surface area contributed by atoms with Gasteiger partial charge in [-0.2, -0.15) is 26.3 Å². The molecule has 0 spiro atoms. The fourth-order valence-corrected chi connectivity index (χ4v) is 3.85. The summed E-state index contributed by atoms with van der Waals surface area (Å²) >= 11 is 0. The molecule has 2 aliphatic carbocycles. The molecular weight excluding hydrogens is 342 g/mol. The molecule has 4 atom stereocenters. The van der Waals surface area contributed by atoms with Crippen molar-refractivity contribution in [3.8, 4) is 0 Å². The van der Waals surface area contributed by atoms with Crippen LogP contribution < -0.4 is 0 Å². The van der Waals surface area contributed by atoms with Crippen LogP contribution in [0.1, 0.15) is 39.5 Å². The van der Waals surface area contributed by atoms with E-state index in [1.54, 1.807) is 13.8 Å². The molecule has 2 rings (SSSR count). The molecule has 0 aromatic rings. The van der Waals surface area contributed by atoms with Gasteiger partial charge in [-0.1, -0.05) is 13.8 Å². The molecule has 2 saturated carbocycles. The van der Waals surface area contributed by atoms with Gasteiger partial charge in [0.05, 0.1) is 5.92 Å². The summed E-state index contributed by atoms with van der Waals surface area (Å²) in [5.74, 6) is -2.58. The number of aliphatic hydroxyl groups is 1. The predicted octanol–water partition coefficient (Wildman–Crippen LogP) is 3.85. The predicted molar refractivity (Wildman–Crippen MR) is 70.7 cm³/mol. The van der Waals surface area contributed by atoms with E-state index in [1.165, 1.54) is 0 Å². The maximum absolute atomic E-state index is 12.9. The van der Waals surface area contributed by atoms with E-state index in [9.17, 15) is 36.2 Å². The lowest BCUT2D eigenvalue weighted by Crippen LogP contribution is -2.58. The number of carbonyl (C=O) groups is 1. The molecule has 0 aliphatic heterocycles. The summed E-state index contributed by atoms with van der Waals surface area (Å²) in [7, 11) is 0. The van der Waals surface area contributed by atoms with Gasteiger partial charge in [0.2, 0.25) is 0 Å². The van der Waals surface area contributed by atoms with Gasteiger partial charge in [-0.25, -0.2) is 0 Å². The number of esters is 1. The molecule has 24 heavy (non-hydrogen) atoms. The normalized spacial score (nSPS) is 30.9. The van der Waals surface area contributed by atoms with Crippen LogP contribution >= 0.6 is 0 Å². The van der Waals surface area contributed by atoms with E-state index in [4.69, 9.17) is 4.74 Å². The SMILES string of the molecule is CC(C)C(=O)OC1CC2CC(CC(O)(C(F)(F)F)C(F)(F)F)C1C2. The number of rotatable bonds is 4. The first-order valence-electron chi connectivity index (χ1n) is 7.82. The lowest BCUT2D eigenvalue weighted by Gasteiger charge is -2.38. The number of carbonyl (C=O) groups excluding carboxylic acids is 1. The van der Waals surface area contributed by atoms with Gasteiger partial charge < -0.3 is 9.84 Å². The second-order valence-corrected chi connectivity index (χ2v) is 7.19. The molecule has 0 radical (unpaired) electrons. The third-order valence-electron chi connectivity index (χ3n) is 5.12. The number of halogens is 6. The van der Waals surface area contributed by atoms with Crippen molar-refractivity contribution in [3.05, 3.63) is 0 Å². The smallest absolute Gasteiger partial charge is 0.426 e. The second kappa shape index (κ2) is 6.07. The molecule has 2 bridgehead atoms. The molecule has 1 N–H and O–H groups in total. The lowest BCUT2D eigenvalue weighted by atomic mass is 9.78. The number of fused-ring (bicyclic) bond motifs is 2. The Labute approximate surface area is 135 Å². The van der Waals surface area contributed by atoms with Crippen molar-refractivity contribution >= 4 is 5.97 Å². The highest BCUT2D eigenvalue weighted by atomic mass is 19.4. The molecular formula is C15H20F6O3. The van der Waals surface area contributed by atoms with Gasteiger partial charge in [-0.15, -0.1) is 0 Å². The number of hydrogen-bond donors (Lipinski definition) is 1. The topological polar surface area (TPSA) is 46.5 Å². The van der Waals surface area contributed by atoms with Gasteiger partial charge in [0.25, 0.3) is 5.60 Å². The highest BCUT2D eigenvalue weighted by Gasteiger charge is 2.71. The van der Waals surface area contributed by atoms with Crippen LogP contribution in [-0.4, -0.2) is 35.1 Å². The Balaban J connectivity index is 2.14. The summed E-state index contributed by atoms with van der Waals surface area (Å²) in [5, 5.41) is 9.37. The first kappa shape index (κ1) is 19.3. The Morgan fingerprint density at radius 1 is 1.08 bits per heavy atom. The molecule has 2 fully saturated rings. The number of hydrogen-bond acceptors (Lipinski definition) is 3. The zero-order valence-corrected chi connectivity index (χ0v) is 13.2. The average molecular weight is 362 g/mol. The van der Waals surface area contributed by atoms with Gasteiger partial charge in [0.15, 0.2) is 0 Å². The highest BCUT2D eigenvalue weighted by molar-refractivity contribution is 5.71. The average Bonchev–Trinajstić information content (AvgIpc) is 2.94. The van der Waals surface area contributed by atoms with Gasteiger partial charge in [-0.05, 0) is 43.4 Å². The van der Waals surface area contributed by atoms with Crippen LogP contribution in [0.5, 0.6) is 0 Å².